The van der Waals surface area contributed by atoms with E-state index in [1.54, 1.807) is 25.1 Å². The van der Waals surface area contributed by atoms with E-state index in [4.69, 9.17) is 4.74 Å². The summed E-state index contributed by atoms with van der Waals surface area (Å²) in [6.07, 6.45) is -1.42. The van der Waals surface area contributed by atoms with Crippen LogP contribution in [0.5, 0.6) is 0 Å². The van der Waals surface area contributed by atoms with Gasteiger partial charge in [-0.1, -0.05) is 12.1 Å². The number of esters is 1. The quantitative estimate of drug-likeness (QED) is 0.589. The topological polar surface area (TPSA) is 95.9 Å². The molecule has 2 rings (SSSR count). The van der Waals surface area contributed by atoms with Crippen molar-refractivity contribution in [3.8, 4) is 0 Å². The van der Waals surface area contributed by atoms with Crippen LogP contribution in [0.3, 0.4) is 0 Å². The number of benzene rings is 1. The number of nitrogens with zero attached hydrogens (tertiary/aromatic N) is 1. The number of rotatable bonds is 4. The second-order valence-electron chi connectivity index (χ2n) is 4.46. The molecule has 0 radical (unpaired) electrons. The molecule has 21 heavy (non-hydrogen) atoms. The molecule has 1 aromatic rings. The first kappa shape index (κ1) is 15.0. The van der Waals surface area contributed by atoms with Crippen molar-refractivity contribution in [1.82, 2.24) is 5.32 Å². The van der Waals surface area contributed by atoms with Gasteiger partial charge < -0.3 is 20.1 Å². The zero-order chi connectivity index (χ0) is 15.4. The van der Waals surface area contributed by atoms with Crippen molar-refractivity contribution < 1.29 is 24.2 Å². The Hall–Kier alpha value is -2.41. The highest BCUT2D eigenvalue weighted by molar-refractivity contribution is 6.41. The van der Waals surface area contributed by atoms with Gasteiger partial charge in [0.1, 0.15) is 0 Å². The summed E-state index contributed by atoms with van der Waals surface area (Å²) in [5.41, 5.74) is 0.764. The predicted octanol–water partition coefficient (Wildman–Crippen LogP) is -0.254. The van der Waals surface area contributed by atoms with E-state index in [1.807, 2.05) is 0 Å². The van der Waals surface area contributed by atoms with Crippen LogP contribution in [0.15, 0.2) is 24.3 Å². The molecule has 1 heterocycles. The lowest BCUT2D eigenvalue weighted by Crippen LogP contribution is -2.52. The first-order valence-corrected chi connectivity index (χ1v) is 6.59. The second-order valence-corrected chi connectivity index (χ2v) is 4.46. The molecule has 1 aromatic carbocycles. The maximum Gasteiger partial charge on any atom is 0.339 e. The lowest BCUT2D eigenvalue weighted by Gasteiger charge is -2.27. The number of carbonyl (C=O) groups is 3. The van der Waals surface area contributed by atoms with Crippen molar-refractivity contribution in [2.75, 3.05) is 24.6 Å². The fourth-order valence-corrected chi connectivity index (χ4v) is 2.05. The number of aliphatic hydroxyl groups is 1. The van der Waals surface area contributed by atoms with E-state index >= 15 is 0 Å². The van der Waals surface area contributed by atoms with Gasteiger partial charge in [0.05, 0.1) is 6.61 Å². The molecule has 1 saturated heterocycles. The van der Waals surface area contributed by atoms with Gasteiger partial charge in [-0.3, -0.25) is 9.59 Å². The van der Waals surface area contributed by atoms with Gasteiger partial charge in [0.15, 0.2) is 6.10 Å². The fraction of sp³-hybridized carbons (Fsp3) is 0.357. The van der Waals surface area contributed by atoms with E-state index in [9.17, 15) is 19.5 Å². The standard InChI is InChI=1S/C14H16N2O5/c1-2-21-14(20)11(17)9-4-3-5-10(8-9)16-7-6-15-12(18)13(16)19/h3-5,8,11,17H,2,6-7H2,1H3,(H,15,18). The molecule has 0 aromatic heterocycles. The number of carbonyl (C=O) groups excluding carboxylic acids is 3. The Morgan fingerprint density at radius 3 is 2.95 bits per heavy atom. The van der Waals surface area contributed by atoms with E-state index < -0.39 is 23.9 Å². The minimum Gasteiger partial charge on any atom is -0.464 e. The van der Waals surface area contributed by atoms with E-state index in [2.05, 4.69) is 5.32 Å². The second kappa shape index (κ2) is 6.36. The van der Waals surface area contributed by atoms with E-state index in [1.165, 1.54) is 11.0 Å². The van der Waals surface area contributed by atoms with Crippen LogP contribution in [0, 0.1) is 0 Å². The largest absolute Gasteiger partial charge is 0.464 e. The summed E-state index contributed by atoms with van der Waals surface area (Å²) in [6.45, 7) is 2.51. The molecule has 1 aliphatic rings. The Morgan fingerprint density at radius 2 is 2.24 bits per heavy atom. The summed E-state index contributed by atoms with van der Waals surface area (Å²) in [6, 6.07) is 6.29. The zero-order valence-electron chi connectivity index (χ0n) is 11.5. The Morgan fingerprint density at radius 1 is 1.48 bits per heavy atom. The zero-order valence-corrected chi connectivity index (χ0v) is 11.5. The lowest BCUT2D eigenvalue weighted by atomic mass is 10.1. The number of aliphatic hydroxyl groups excluding tert-OH is 1. The van der Waals surface area contributed by atoms with Crippen LogP contribution in [0.1, 0.15) is 18.6 Å². The van der Waals surface area contributed by atoms with Gasteiger partial charge in [0.2, 0.25) is 0 Å². The molecular formula is C14H16N2O5. The summed E-state index contributed by atoms with van der Waals surface area (Å²) in [5, 5.41) is 12.4. The van der Waals surface area contributed by atoms with E-state index in [0.717, 1.165) is 0 Å². The maximum absolute atomic E-state index is 11.8. The normalized spacial score (nSPS) is 16.4. The predicted molar refractivity (Wildman–Crippen MR) is 73.4 cm³/mol. The Bertz CT molecular complexity index is 572. The monoisotopic (exact) mass is 292 g/mol. The molecule has 7 heteroatoms. The van der Waals surface area contributed by atoms with Gasteiger partial charge in [-0.25, -0.2) is 4.79 Å². The summed E-state index contributed by atoms with van der Waals surface area (Å²) >= 11 is 0. The Balaban J connectivity index is 2.23. The summed E-state index contributed by atoms with van der Waals surface area (Å²) in [4.78, 5) is 36.0. The summed E-state index contributed by atoms with van der Waals surface area (Å²) in [7, 11) is 0. The lowest BCUT2D eigenvalue weighted by molar-refractivity contribution is -0.153. The number of amides is 2. The number of piperazine rings is 1. The number of hydrogen-bond donors (Lipinski definition) is 2. The molecule has 1 aliphatic heterocycles. The van der Waals surface area contributed by atoms with Crippen LogP contribution in [0.4, 0.5) is 5.69 Å². The van der Waals surface area contributed by atoms with Gasteiger partial charge in [-0.15, -0.1) is 0 Å². The summed E-state index contributed by atoms with van der Waals surface area (Å²) < 4.78 is 4.75. The molecular weight excluding hydrogens is 276 g/mol. The molecule has 1 fully saturated rings. The van der Waals surface area contributed by atoms with Crippen molar-refractivity contribution in [3.63, 3.8) is 0 Å². The highest BCUT2D eigenvalue weighted by Crippen LogP contribution is 2.22. The maximum atomic E-state index is 11.8. The van der Waals surface area contributed by atoms with Crippen molar-refractivity contribution in [2.45, 2.75) is 13.0 Å². The first-order valence-electron chi connectivity index (χ1n) is 6.59. The van der Waals surface area contributed by atoms with Crippen molar-refractivity contribution in [3.05, 3.63) is 29.8 Å². The highest BCUT2D eigenvalue weighted by atomic mass is 16.5. The minimum absolute atomic E-state index is 0.167. The number of anilines is 1. The third-order valence-corrected chi connectivity index (χ3v) is 3.07. The van der Waals surface area contributed by atoms with Crippen LogP contribution in [0.2, 0.25) is 0 Å². The molecule has 7 nitrogen and oxygen atoms in total. The molecule has 1 atom stereocenters. The van der Waals surface area contributed by atoms with Crippen LogP contribution in [-0.4, -0.2) is 42.6 Å². The molecule has 0 spiro atoms. The van der Waals surface area contributed by atoms with Crippen LogP contribution in [-0.2, 0) is 19.1 Å². The molecule has 112 valence electrons. The molecule has 2 N–H and O–H groups in total. The number of ether oxygens (including phenoxy) is 1. The average molecular weight is 292 g/mol. The van der Waals surface area contributed by atoms with Gasteiger partial charge in [-0.05, 0) is 24.6 Å². The first-order chi connectivity index (χ1) is 10.0. The average Bonchev–Trinajstić information content (AvgIpc) is 2.49. The minimum atomic E-state index is -1.42. The van der Waals surface area contributed by atoms with Crippen LogP contribution in [0.25, 0.3) is 0 Å². The third kappa shape index (κ3) is 3.19. The van der Waals surface area contributed by atoms with Crippen LogP contribution < -0.4 is 10.2 Å². The Labute approximate surface area is 121 Å². The molecule has 0 bridgehead atoms. The number of hydrogen-bond acceptors (Lipinski definition) is 5. The van der Waals surface area contributed by atoms with Gasteiger partial charge in [-0.2, -0.15) is 0 Å². The van der Waals surface area contributed by atoms with E-state index in [0.29, 0.717) is 24.3 Å². The molecule has 0 saturated carbocycles. The fourth-order valence-electron chi connectivity index (χ4n) is 2.05. The summed E-state index contributed by atoms with van der Waals surface area (Å²) in [5.74, 6) is -2.08. The molecule has 2 amide bonds. The SMILES string of the molecule is CCOC(=O)C(O)c1cccc(N2CCNC(=O)C2=O)c1. The molecule has 0 aliphatic carbocycles. The highest BCUT2D eigenvalue weighted by Gasteiger charge is 2.28. The van der Waals surface area contributed by atoms with Crippen molar-refractivity contribution >= 4 is 23.5 Å². The smallest absolute Gasteiger partial charge is 0.339 e. The van der Waals surface area contributed by atoms with Gasteiger partial charge in [0.25, 0.3) is 0 Å². The van der Waals surface area contributed by atoms with Crippen molar-refractivity contribution in [1.29, 1.82) is 0 Å². The van der Waals surface area contributed by atoms with Crippen LogP contribution >= 0.6 is 0 Å². The van der Waals surface area contributed by atoms with Gasteiger partial charge >= 0.3 is 17.8 Å². The van der Waals surface area contributed by atoms with Crippen molar-refractivity contribution in [2.24, 2.45) is 0 Å². The molecule has 1 unspecified atom stereocenters. The Kier molecular flexibility index (Phi) is 4.54. The van der Waals surface area contributed by atoms with E-state index in [-0.39, 0.29) is 6.61 Å². The van der Waals surface area contributed by atoms with Gasteiger partial charge in [0, 0.05) is 18.8 Å². The number of nitrogens with one attached hydrogen (secondary N) is 1. The third-order valence-electron chi connectivity index (χ3n) is 3.07.